The standard InChI is InChI=1S/C14H25N3O3S/c1-12(2)10-15-11-13-4-5-14(20-13)21(18,19)17-8-6-16(3)7-9-17/h4-5,12,15H,6-11H2,1-3H3. The van der Waals surface area contributed by atoms with Crippen LogP contribution in [0.15, 0.2) is 21.6 Å². The number of hydrogen-bond donors (Lipinski definition) is 1. The molecule has 1 aromatic heterocycles. The molecular weight excluding hydrogens is 290 g/mol. The third-order valence-electron chi connectivity index (χ3n) is 3.55. The van der Waals surface area contributed by atoms with Crippen LogP contribution in [0, 0.1) is 5.92 Å². The highest BCUT2D eigenvalue weighted by molar-refractivity contribution is 7.89. The van der Waals surface area contributed by atoms with Gasteiger partial charge < -0.3 is 14.6 Å². The molecule has 0 bridgehead atoms. The highest BCUT2D eigenvalue weighted by Gasteiger charge is 2.29. The fraction of sp³-hybridized carbons (Fsp3) is 0.714. The molecule has 0 saturated carbocycles. The summed E-state index contributed by atoms with van der Waals surface area (Å²) in [7, 11) is -1.50. The summed E-state index contributed by atoms with van der Waals surface area (Å²) in [6, 6.07) is 3.29. The first-order chi connectivity index (χ1) is 9.89. The van der Waals surface area contributed by atoms with Gasteiger partial charge in [0.05, 0.1) is 6.54 Å². The van der Waals surface area contributed by atoms with Crippen molar-refractivity contribution >= 4 is 10.0 Å². The molecule has 21 heavy (non-hydrogen) atoms. The van der Waals surface area contributed by atoms with Crippen molar-refractivity contribution in [3.05, 3.63) is 17.9 Å². The number of piperazine rings is 1. The molecule has 0 atom stereocenters. The molecule has 2 rings (SSSR count). The van der Waals surface area contributed by atoms with E-state index in [0.717, 1.165) is 19.6 Å². The van der Waals surface area contributed by atoms with Crippen molar-refractivity contribution in [2.75, 3.05) is 39.8 Å². The van der Waals surface area contributed by atoms with Gasteiger partial charge in [0.1, 0.15) is 5.76 Å². The minimum Gasteiger partial charge on any atom is -0.447 e. The number of nitrogens with one attached hydrogen (secondary N) is 1. The van der Waals surface area contributed by atoms with Gasteiger partial charge in [0.15, 0.2) is 0 Å². The van der Waals surface area contributed by atoms with Gasteiger partial charge in [0, 0.05) is 26.2 Å². The quantitative estimate of drug-likeness (QED) is 0.847. The van der Waals surface area contributed by atoms with Crippen LogP contribution in [0.2, 0.25) is 0 Å². The van der Waals surface area contributed by atoms with E-state index in [9.17, 15) is 8.42 Å². The maximum atomic E-state index is 12.5. The molecule has 0 aliphatic carbocycles. The van der Waals surface area contributed by atoms with Gasteiger partial charge in [-0.05, 0) is 31.6 Å². The molecule has 2 heterocycles. The summed E-state index contributed by atoms with van der Waals surface area (Å²) in [4.78, 5) is 2.12. The largest absolute Gasteiger partial charge is 0.447 e. The zero-order valence-electron chi connectivity index (χ0n) is 13.0. The lowest BCUT2D eigenvalue weighted by molar-refractivity contribution is 0.219. The first kappa shape index (κ1) is 16.5. The van der Waals surface area contributed by atoms with Gasteiger partial charge in [0.25, 0.3) is 10.0 Å². The molecule has 1 fully saturated rings. The van der Waals surface area contributed by atoms with E-state index in [1.807, 2.05) is 7.05 Å². The van der Waals surface area contributed by atoms with Gasteiger partial charge in [-0.3, -0.25) is 0 Å². The second-order valence-corrected chi connectivity index (χ2v) is 7.82. The lowest BCUT2D eigenvalue weighted by Crippen LogP contribution is -2.46. The van der Waals surface area contributed by atoms with Crippen molar-refractivity contribution in [2.24, 2.45) is 5.92 Å². The third kappa shape index (κ3) is 4.29. The molecule has 1 aliphatic rings. The predicted octanol–water partition coefficient (Wildman–Crippen LogP) is 0.961. The fourth-order valence-corrected chi connectivity index (χ4v) is 3.58. The van der Waals surface area contributed by atoms with E-state index in [1.54, 1.807) is 12.1 Å². The average molecular weight is 315 g/mol. The second kappa shape index (κ2) is 6.91. The van der Waals surface area contributed by atoms with E-state index in [0.29, 0.717) is 31.3 Å². The lowest BCUT2D eigenvalue weighted by atomic mass is 10.2. The Balaban J connectivity index is 1.99. The van der Waals surface area contributed by atoms with Crippen molar-refractivity contribution in [2.45, 2.75) is 25.5 Å². The molecule has 120 valence electrons. The van der Waals surface area contributed by atoms with Crippen LogP contribution in [0.3, 0.4) is 0 Å². The SMILES string of the molecule is CC(C)CNCc1ccc(S(=O)(=O)N2CCN(C)CC2)o1. The van der Waals surface area contributed by atoms with Gasteiger partial charge in [-0.25, -0.2) is 8.42 Å². The Hall–Kier alpha value is -0.890. The van der Waals surface area contributed by atoms with E-state index in [4.69, 9.17) is 4.42 Å². The minimum absolute atomic E-state index is 0.0494. The third-order valence-corrected chi connectivity index (χ3v) is 5.32. The summed E-state index contributed by atoms with van der Waals surface area (Å²) >= 11 is 0. The maximum Gasteiger partial charge on any atom is 0.276 e. The number of sulfonamides is 1. The molecule has 1 N–H and O–H groups in total. The Morgan fingerprint density at radius 3 is 2.52 bits per heavy atom. The molecular formula is C14H25N3O3S. The molecule has 0 amide bonds. The number of hydrogen-bond acceptors (Lipinski definition) is 5. The van der Waals surface area contributed by atoms with Crippen molar-refractivity contribution in [1.82, 2.24) is 14.5 Å². The number of furan rings is 1. The number of likely N-dealkylation sites (N-methyl/N-ethyl adjacent to an activating group) is 1. The van der Waals surface area contributed by atoms with Crippen LogP contribution in [0.5, 0.6) is 0 Å². The number of rotatable bonds is 6. The highest BCUT2D eigenvalue weighted by Crippen LogP contribution is 2.20. The van der Waals surface area contributed by atoms with E-state index >= 15 is 0 Å². The van der Waals surface area contributed by atoms with Crippen LogP contribution in [0.4, 0.5) is 0 Å². The topological polar surface area (TPSA) is 65.8 Å². The van der Waals surface area contributed by atoms with Gasteiger partial charge in [-0.1, -0.05) is 13.8 Å². The molecule has 1 aromatic rings. The Morgan fingerprint density at radius 2 is 1.90 bits per heavy atom. The Labute approximate surface area is 127 Å². The smallest absolute Gasteiger partial charge is 0.276 e. The molecule has 6 nitrogen and oxygen atoms in total. The van der Waals surface area contributed by atoms with Gasteiger partial charge in [-0.15, -0.1) is 0 Å². The Morgan fingerprint density at radius 1 is 1.24 bits per heavy atom. The Bertz CT molecular complexity index is 546. The highest BCUT2D eigenvalue weighted by atomic mass is 32.2. The summed E-state index contributed by atoms with van der Waals surface area (Å²) < 4.78 is 32.0. The normalized spacial score (nSPS) is 18.5. The molecule has 0 unspecified atom stereocenters. The summed E-state index contributed by atoms with van der Waals surface area (Å²) in [5.74, 6) is 1.21. The predicted molar refractivity (Wildman–Crippen MR) is 81.5 cm³/mol. The van der Waals surface area contributed by atoms with Gasteiger partial charge in [0.2, 0.25) is 5.09 Å². The molecule has 1 saturated heterocycles. The molecule has 0 spiro atoms. The van der Waals surface area contributed by atoms with Crippen LogP contribution in [0.25, 0.3) is 0 Å². The first-order valence-corrected chi connectivity index (χ1v) is 8.81. The maximum absolute atomic E-state index is 12.5. The molecule has 0 radical (unpaired) electrons. The van der Waals surface area contributed by atoms with Crippen molar-refractivity contribution in [3.8, 4) is 0 Å². The van der Waals surface area contributed by atoms with E-state index < -0.39 is 10.0 Å². The van der Waals surface area contributed by atoms with E-state index in [1.165, 1.54) is 4.31 Å². The van der Waals surface area contributed by atoms with Gasteiger partial charge >= 0.3 is 0 Å². The first-order valence-electron chi connectivity index (χ1n) is 7.37. The zero-order valence-corrected chi connectivity index (χ0v) is 13.8. The van der Waals surface area contributed by atoms with Crippen molar-refractivity contribution in [1.29, 1.82) is 0 Å². The lowest BCUT2D eigenvalue weighted by Gasteiger charge is -2.30. The monoisotopic (exact) mass is 315 g/mol. The van der Waals surface area contributed by atoms with Crippen molar-refractivity contribution in [3.63, 3.8) is 0 Å². The molecule has 7 heteroatoms. The zero-order chi connectivity index (χ0) is 15.5. The van der Waals surface area contributed by atoms with Crippen LogP contribution in [0.1, 0.15) is 19.6 Å². The van der Waals surface area contributed by atoms with Crippen LogP contribution in [-0.2, 0) is 16.6 Å². The minimum atomic E-state index is -3.49. The summed E-state index contributed by atoms with van der Waals surface area (Å²) in [5, 5.41) is 3.29. The van der Waals surface area contributed by atoms with Gasteiger partial charge in [-0.2, -0.15) is 4.31 Å². The summed E-state index contributed by atoms with van der Waals surface area (Å²) in [5.41, 5.74) is 0. The van der Waals surface area contributed by atoms with E-state index in [-0.39, 0.29) is 5.09 Å². The average Bonchev–Trinajstić information content (AvgIpc) is 2.88. The van der Waals surface area contributed by atoms with Crippen LogP contribution >= 0.6 is 0 Å². The summed E-state index contributed by atoms with van der Waals surface area (Å²) in [6.45, 7) is 8.21. The van der Waals surface area contributed by atoms with Crippen molar-refractivity contribution < 1.29 is 12.8 Å². The molecule has 0 aromatic carbocycles. The number of nitrogens with zero attached hydrogens (tertiary/aromatic N) is 2. The molecule has 1 aliphatic heterocycles. The Kier molecular flexibility index (Phi) is 5.43. The second-order valence-electron chi connectivity index (χ2n) is 5.95. The van der Waals surface area contributed by atoms with Crippen LogP contribution in [-0.4, -0.2) is 57.4 Å². The van der Waals surface area contributed by atoms with Crippen LogP contribution < -0.4 is 5.32 Å². The van der Waals surface area contributed by atoms with E-state index in [2.05, 4.69) is 24.1 Å². The fourth-order valence-electron chi connectivity index (χ4n) is 2.23. The summed E-state index contributed by atoms with van der Waals surface area (Å²) in [6.07, 6.45) is 0.